The van der Waals surface area contributed by atoms with Gasteiger partial charge in [0.05, 0.1) is 0 Å². The van der Waals surface area contributed by atoms with E-state index >= 15 is 0 Å². The van der Waals surface area contributed by atoms with Gasteiger partial charge in [0.1, 0.15) is 17.6 Å². The van der Waals surface area contributed by atoms with E-state index in [9.17, 15) is 22.7 Å². The average molecular weight is 361 g/mol. The number of alkyl halides is 3. The number of halogens is 4. The molecule has 0 saturated carbocycles. The minimum atomic E-state index is -4.67. The fourth-order valence-corrected chi connectivity index (χ4v) is 2.23. The lowest BCUT2D eigenvalue weighted by Gasteiger charge is -2.19. The molecule has 1 heterocycles. The molecule has 138 valence electrons. The molecule has 0 amide bonds. The van der Waals surface area contributed by atoms with Crippen molar-refractivity contribution in [2.24, 2.45) is 0 Å². The molecule has 10 heteroatoms. The summed E-state index contributed by atoms with van der Waals surface area (Å²) in [5.74, 6) is -1.25. The van der Waals surface area contributed by atoms with Crippen LogP contribution in [0.3, 0.4) is 0 Å². The molecule has 0 aromatic carbocycles. The van der Waals surface area contributed by atoms with Crippen molar-refractivity contribution < 1.29 is 22.7 Å². The summed E-state index contributed by atoms with van der Waals surface area (Å²) in [6.07, 6.45) is -4.12. The Bertz CT molecular complexity index is 674. The SMILES string of the molecule is C=C(Nc1nc(NCCC)nc(C2=C(F)C(O)CCC2)n1)C(F)(F)F. The molecule has 0 bridgehead atoms. The van der Waals surface area contributed by atoms with E-state index in [1.807, 2.05) is 12.2 Å². The molecule has 1 aliphatic carbocycles. The molecule has 0 saturated heterocycles. The van der Waals surface area contributed by atoms with Gasteiger partial charge in [0.2, 0.25) is 11.9 Å². The lowest BCUT2D eigenvalue weighted by molar-refractivity contribution is -0.0899. The van der Waals surface area contributed by atoms with Crippen LogP contribution in [0.25, 0.3) is 5.57 Å². The highest BCUT2D eigenvalue weighted by Crippen LogP contribution is 2.32. The fraction of sp³-hybridized carbons (Fsp3) is 0.533. The fourth-order valence-electron chi connectivity index (χ4n) is 2.23. The van der Waals surface area contributed by atoms with Gasteiger partial charge in [-0.25, -0.2) is 4.39 Å². The van der Waals surface area contributed by atoms with Crippen LogP contribution in [0.4, 0.5) is 29.5 Å². The Morgan fingerprint density at radius 2 is 1.96 bits per heavy atom. The molecule has 0 fully saturated rings. The van der Waals surface area contributed by atoms with Crippen molar-refractivity contribution in [1.29, 1.82) is 0 Å². The maximum atomic E-state index is 14.2. The molecule has 25 heavy (non-hydrogen) atoms. The van der Waals surface area contributed by atoms with Gasteiger partial charge in [-0.2, -0.15) is 28.1 Å². The third-order valence-electron chi connectivity index (χ3n) is 3.53. The lowest BCUT2D eigenvalue weighted by atomic mass is 9.96. The monoisotopic (exact) mass is 361 g/mol. The van der Waals surface area contributed by atoms with Crippen molar-refractivity contribution in [2.75, 3.05) is 17.2 Å². The summed E-state index contributed by atoms with van der Waals surface area (Å²) in [7, 11) is 0. The smallest absolute Gasteiger partial charge is 0.386 e. The Kier molecular flexibility index (Phi) is 5.93. The number of nitrogens with zero attached hydrogens (tertiary/aromatic N) is 3. The molecule has 1 aliphatic rings. The third kappa shape index (κ3) is 4.88. The Morgan fingerprint density at radius 3 is 2.60 bits per heavy atom. The molecule has 1 atom stereocenters. The molecular formula is C15H19F4N5O. The summed E-state index contributed by atoms with van der Waals surface area (Å²) in [5.41, 5.74) is -1.18. The summed E-state index contributed by atoms with van der Waals surface area (Å²) < 4.78 is 52.2. The topological polar surface area (TPSA) is 83.0 Å². The van der Waals surface area contributed by atoms with Crippen molar-refractivity contribution in [3.8, 4) is 0 Å². The van der Waals surface area contributed by atoms with Crippen molar-refractivity contribution in [2.45, 2.75) is 44.9 Å². The molecule has 2 rings (SSSR count). The summed E-state index contributed by atoms with van der Waals surface area (Å²) in [5, 5.41) is 14.4. The van der Waals surface area contributed by atoms with Crippen LogP contribution in [0.5, 0.6) is 0 Å². The largest absolute Gasteiger partial charge is 0.430 e. The Morgan fingerprint density at radius 1 is 1.28 bits per heavy atom. The van der Waals surface area contributed by atoms with Gasteiger partial charge in [0, 0.05) is 12.1 Å². The number of hydrogen-bond donors (Lipinski definition) is 3. The standard InChI is InChI=1S/C15H19F4N5O/c1-3-7-20-13-22-12(9-5-4-6-10(25)11(9)16)23-14(24-13)21-8(2)15(17,18)19/h10,25H,2-7H2,1H3,(H2,20,21,22,23,24). The first-order valence-corrected chi connectivity index (χ1v) is 7.82. The number of anilines is 2. The van der Waals surface area contributed by atoms with Gasteiger partial charge >= 0.3 is 6.18 Å². The molecule has 0 radical (unpaired) electrons. The van der Waals surface area contributed by atoms with E-state index in [0.29, 0.717) is 13.0 Å². The van der Waals surface area contributed by atoms with E-state index in [-0.39, 0.29) is 30.2 Å². The second-order valence-corrected chi connectivity index (χ2v) is 5.57. The first kappa shape index (κ1) is 19.1. The van der Waals surface area contributed by atoms with E-state index in [1.165, 1.54) is 0 Å². The van der Waals surface area contributed by atoms with Crippen molar-refractivity contribution in [1.82, 2.24) is 15.0 Å². The van der Waals surface area contributed by atoms with Crippen LogP contribution in [0.2, 0.25) is 0 Å². The van der Waals surface area contributed by atoms with Crippen LogP contribution in [0.1, 0.15) is 38.4 Å². The van der Waals surface area contributed by atoms with Crippen molar-refractivity contribution in [3.63, 3.8) is 0 Å². The van der Waals surface area contributed by atoms with Gasteiger partial charge in [0.25, 0.3) is 0 Å². The first-order valence-electron chi connectivity index (χ1n) is 7.82. The van der Waals surface area contributed by atoms with E-state index in [4.69, 9.17) is 0 Å². The predicted octanol–water partition coefficient (Wildman–Crippen LogP) is 3.41. The second kappa shape index (κ2) is 7.77. The summed E-state index contributed by atoms with van der Waals surface area (Å²) in [6.45, 7) is 5.27. The number of aromatic nitrogens is 3. The predicted molar refractivity (Wildman–Crippen MR) is 85.3 cm³/mol. The van der Waals surface area contributed by atoms with E-state index < -0.39 is 29.8 Å². The second-order valence-electron chi connectivity index (χ2n) is 5.57. The van der Waals surface area contributed by atoms with Crippen molar-refractivity contribution >= 4 is 17.5 Å². The Hall–Kier alpha value is -2.23. The van der Waals surface area contributed by atoms with Crippen LogP contribution in [0.15, 0.2) is 18.1 Å². The molecule has 0 spiro atoms. The molecule has 6 nitrogen and oxygen atoms in total. The van der Waals surface area contributed by atoms with Crippen LogP contribution >= 0.6 is 0 Å². The maximum absolute atomic E-state index is 14.2. The Balaban J connectivity index is 2.40. The zero-order chi connectivity index (χ0) is 18.6. The van der Waals surface area contributed by atoms with Gasteiger partial charge < -0.3 is 15.7 Å². The molecular weight excluding hydrogens is 342 g/mol. The van der Waals surface area contributed by atoms with Gasteiger partial charge in [-0.1, -0.05) is 13.5 Å². The van der Waals surface area contributed by atoms with Gasteiger partial charge in [-0.15, -0.1) is 0 Å². The van der Waals surface area contributed by atoms with E-state index in [0.717, 1.165) is 6.42 Å². The quantitative estimate of drug-likeness (QED) is 0.674. The van der Waals surface area contributed by atoms with Crippen LogP contribution in [-0.4, -0.2) is 38.9 Å². The minimum Gasteiger partial charge on any atom is -0.386 e. The zero-order valence-electron chi connectivity index (χ0n) is 13.6. The first-order chi connectivity index (χ1) is 11.7. The number of allylic oxidation sites excluding steroid dienone is 2. The normalized spacial score (nSPS) is 18.2. The third-order valence-corrected chi connectivity index (χ3v) is 3.53. The highest BCUT2D eigenvalue weighted by Gasteiger charge is 2.33. The van der Waals surface area contributed by atoms with Crippen LogP contribution in [-0.2, 0) is 0 Å². The summed E-state index contributed by atoms with van der Waals surface area (Å²) >= 11 is 0. The Labute approximate surface area is 142 Å². The van der Waals surface area contributed by atoms with Gasteiger partial charge in [-0.05, 0) is 25.7 Å². The maximum Gasteiger partial charge on any atom is 0.430 e. The summed E-state index contributed by atoms with van der Waals surface area (Å²) in [4.78, 5) is 11.8. The molecule has 1 unspecified atom stereocenters. The minimum absolute atomic E-state index is 0.0182. The molecule has 0 aliphatic heterocycles. The highest BCUT2D eigenvalue weighted by atomic mass is 19.4. The number of hydrogen-bond acceptors (Lipinski definition) is 6. The lowest BCUT2D eigenvalue weighted by Crippen LogP contribution is -2.21. The molecule has 3 N–H and O–H groups in total. The number of rotatable bonds is 6. The highest BCUT2D eigenvalue weighted by molar-refractivity contribution is 5.65. The van der Waals surface area contributed by atoms with Gasteiger partial charge in [-0.3, -0.25) is 0 Å². The van der Waals surface area contributed by atoms with E-state index in [1.54, 1.807) is 0 Å². The molecule has 1 aromatic heterocycles. The van der Waals surface area contributed by atoms with Crippen molar-refractivity contribution in [3.05, 3.63) is 23.9 Å². The molecule has 1 aromatic rings. The average Bonchev–Trinajstić information content (AvgIpc) is 2.54. The van der Waals surface area contributed by atoms with Crippen LogP contribution < -0.4 is 10.6 Å². The van der Waals surface area contributed by atoms with Gasteiger partial charge in [0.15, 0.2) is 5.82 Å². The van der Waals surface area contributed by atoms with Crippen LogP contribution in [0, 0.1) is 0 Å². The van der Waals surface area contributed by atoms with E-state index in [2.05, 4.69) is 26.8 Å². The number of aliphatic hydroxyl groups excluding tert-OH is 1. The number of aliphatic hydroxyl groups is 1. The number of nitrogens with one attached hydrogen (secondary N) is 2. The zero-order valence-corrected chi connectivity index (χ0v) is 13.6. The summed E-state index contributed by atoms with van der Waals surface area (Å²) in [6, 6.07) is 0.